The largest absolute Gasteiger partial charge is 0.419 e. The van der Waals surface area contributed by atoms with E-state index in [1.54, 1.807) is 6.20 Å². The van der Waals surface area contributed by atoms with Crippen LogP contribution in [0, 0.1) is 5.92 Å². The fourth-order valence-electron chi connectivity index (χ4n) is 3.43. The van der Waals surface area contributed by atoms with Gasteiger partial charge in [-0.15, -0.1) is 10.2 Å². The van der Waals surface area contributed by atoms with Gasteiger partial charge in [0, 0.05) is 17.5 Å². The second kappa shape index (κ2) is 6.08. The molecule has 1 aromatic carbocycles. The molecular formula is C18H20N4O. The Bertz CT molecular complexity index is 800. The predicted molar refractivity (Wildman–Crippen MR) is 88.8 cm³/mol. The lowest BCUT2D eigenvalue weighted by atomic mass is 9.82. The van der Waals surface area contributed by atoms with Crippen molar-refractivity contribution in [3.8, 4) is 11.6 Å². The Morgan fingerprint density at radius 3 is 2.70 bits per heavy atom. The number of nitrogens with two attached hydrogens (primary N) is 1. The smallest absolute Gasteiger partial charge is 0.266 e. The number of fused-ring (bicyclic) bond motifs is 1. The van der Waals surface area contributed by atoms with E-state index < -0.39 is 0 Å². The lowest BCUT2D eigenvalue weighted by Crippen LogP contribution is -2.20. The molecule has 0 atom stereocenters. The first-order valence-corrected chi connectivity index (χ1v) is 8.22. The molecule has 1 saturated carbocycles. The highest BCUT2D eigenvalue weighted by molar-refractivity contribution is 5.92. The topological polar surface area (TPSA) is 77.8 Å². The molecule has 3 aromatic rings. The Hall–Kier alpha value is -2.27. The van der Waals surface area contributed by atoms with Gasteiger partial charge in [-0.25, -0.2) is 0 Å². The molecule has 5 nitrogen and oxygen atoms in total. The summed E-state index contributed by atoms with van der Waals surface area (Å²) in [5, 5.41) is 10.7. The van der Waals surface area contributed by atoms with E-state index >= 15 is 0 Å². The molecule has 2 heterocycles. The van der Waals surface area contributed by atoms with Crippen LogP contribution >= 0.6 is 0 Å². The van der Waals surface area contributed by atoms with E-state index in [9.17, 15) is 0 Å². The number of benzene rings is 1. The van der Waals surface area contributed by atoms with E-state index in [-0.39, 0.29) is 0 Å². The molecule has 4 rings (SSSR count). The van der Waals surface area contributed by atoms with Crippen LogP contribution in [0.25, 0.3) is 22.4 Å². The molecule has 0 radical (unpaired) electrons. The first kappa shape index (κ1) is 14.3. The average molecular weight is 308 g/mol. The highest BCUT2D eigenvalue weighted by Gasteiger charge is 2.26. The molecule has 0 bridgehead atoms. The third kappa shape index (κ3) is 2.72. The van der Waals surface area contributed by atoms with Crippen LogP contribution in [0.1, 0.15) is 37.5 Å². The zero-order valence-corrected chi connectivity index (χ0v) is 13.0. The molecule has 0 spiro atoms. The summed E-state index contributed by atoms with van der Waals surface area (Å²) in [5.74, 6) is 2.25. The van der Waals surface area contributed by atoms with Crippen LogP contribution in [0.15, 0.2) is 40.9 Å². The van der Waals surface area contributed by atoms with Crippen molar-refractivity contribution < 1.29 is 4.42 Å². The molecule has 5 heteroatoms. The van der Waals surface area contributed by atoms with Crippen molar-refractivity contribution in [1.82, 2.24) is 15.2 Å². The Morgan fingerprint density at radius 1 is 1.04 bits per heavy atom. The number of aromatic nitrogens is 3. The average Bonchev–Trinajstić information content (AvgIpc) is 3.11. The van der Waals surface area contributed by atoms with Crippen molar-refractivity contribution in [2.75, 3.05) is 6.54 Å². The van der Waals surface area contributed by atoms with Crippen LogP contribution in [0.5, 0.6) is 0 Å². The summed E-state index contributed by atoms with van der Waals surface area (Å²) in [7, 11) is 0. The second-order valence-corrected chi connectivity index (χ2v) is 6.28. The van der Waals surface area contributed by atoms with Crippen LogP contribution in [-0.2, 0) is 0 Å². The van der Waals surface area contributed by atoms with Gasteiger partial charge in [-0.2, -0.15) is 0 Å². The zero-order valence-electron chi connectivity index (χ0n) is 13.0. The second-order valence-electron chi connectivity index (χ2n) is 6.28. The zero-order chi connectivity index (χ0) is 15.6. The van der Waals surface area contributed by atoms with Crippen molar-refractivity contribution in [2.24, 2.45) is 11.7 Å². The van der Waals surface area contributed by atoms with Crippen LogP contribution < -0.4 is 5.73 Å². The summed E-state index contributed by atoms with van der Waals surface area (Å²) >= 11 is 0. The molecule has 1 fully saturated rings. The van der Waals surface area contributed by atoms with Gasteiger partial charge in [-0.05, 0) is 49.6 Å². The number of rotatable bonds is 3. The minimum absolute atomic E-state index is 0.356. The van der Waals surface area contributed by atoms with Gasteiger partial charge in [-0.1, -0.05) is 24.3 Å². The highest BCUT2D eigenvalue weighted by atomic mass is 16.4. The summed E-state index contributed by atoms with van der Waals surface area (Å²) in [6.45, 7) is 0.779. The van der Waals surface area contributed by atoms with Gasteiger partial charge in [0.05, 0.1) is 0 Å². The lowest BCUT2D eigenvalue weighted by Gasteiger charge is -2.25. The molecule has 2 N–H and O–H groups in total. The first-order valence-electron chi connectivity index (χ1n) is 8.22. The van der Waals surface area contributed by atoms with E-state index in [4.69, 9.17) is 10.2 Å². The van der Waals surface area contributed by atoms with Crippen molar-refractivity contribution in [2.45, 2.75) is 31.6 Å². The molecule has 1 aliphatic rings. The van der Waals surface area contributed by atoms with Crippen molar-refractivity contribution in [1.29, 1.82) is 0 Å². The van der Waals surface area contributed by atoms with Crippen LogP contribution in [0.2, 0.25) is 0 Å². The van der Waals surface area contributed by atoms with Crippen molar-refractivity contribution in [3.05, 3.63) is 42.4 Å². The maximum Gasteiger partial charge on any atom is 0.266 e. The SMILES string of the molecule is NCC1CCC(c2nnc(-c3nccc4ccccc34)o2)CC1. The normalized spacial score (nSPS) is 21.6. The minimum Gasteiger partial charge on any atom is -0.419 e. The monoisotopic (exact) mass is 308 g/mol. The van der Waals surface area contributed by atoms with Gasteiger partial charge in [-0.3, -0.25) is 4.98 Å². The minimum atomic E-state index is 0.356. The molecule has 118 valence electrons. The standard InChI is InChI=1S/C18H20N4O/c19-11-12-5-7-14(8-6-12)17-21-22-18(23-17)16-15-4-2-1-3-13(15)9-10-20-16/h1-4,9-10,12,14H,5-8,11,19H2. The fourth-order valence-corrected chi connectivity index (χ4v) is 3.43. The molecule has 0 saturated heterocycles. The first-order chi connectivity index (χ1) is 11.3. The molecule has 2 aromatic heterocycles. The van der Waals surface area contributed by atoms with E-state index in [1.807, 2.05) is 24.3 Å². The molecule has 0 unspecified atom stereocenters. The van der Waals surface area contributed by atoms with Gasteiger partial charge in [0.25, 0.3) is 5.89 Å². The highest BCUT2D eigenvalue weighted by Crippen LogP contribution is 2.36. The van der Waals surface area contributed by atoms with Crippen molar-refractivity contribution in [3.63, 3.8) is 0 Å². The van der Waals surface area contributed by atoms with Gasteiger partial charge in [0.15, 0.2) is 0 Å². The summed E-state index contributed by atoms with van der Waals surface area (Å²) < 4.78 is 5.97. The third-order valence-electron chi connectivity index (χ3n) is 4.85. The third-order valence-corrected chi connectivity index (χ3v) is 4.85. The van der Waals surface area contributed by atoms with Crippen LogP contribution in [-0.4, -0.2) is 21.7 Å². The van der Waals surface area contributed by atoms with Gasteiger partial charge in [0.1, 0.15) is 5.69 Å². The fraction of sp³-hybridized carbons (Fsp3) is 0.389. The summed E-state index contributed by atoms with van der Waals surface area (Å²) in [6, 6.07) is 10.1. The molecular weight excluding hydrogens is 288 g/mol. The molecule has 1 aliphatic carbocycles. The number of hydrogen-bond donors (Lipinski definition) is 1. The maximum atomic E-state index is 5.97. The van der Waals surface area contributed by atoms with E-state index in [1.165, 1.54) is 0 Å². The summed E-state index contributed by atoms with van der Waals surface area (Å²) in [6.07, 6.45) is 6.23. The van der Waals surface area contributed by atoms with Crippen LogP contribution in [0.3, 0.4) is 0 Å². The lowest BCUT2D eigenvalue weighted by molar-refractivity contribution is 0.299. The molecule has 0 amide bonds. The molecule has 0 aliphatic heterocycles. The van der Waals surface area contributed by atoms with Crippen molar-refractivity contribution >= 4 is 10.8 Å². The van der Waals surface area contributed by atoms with E-state index in [2.05, 4.69) is 21.2 Å². The Kier molecular flexibility index (Phi) is 3.79. The van der Waals surface area contributed by atoms with Gasteiger partial charge >= 0.3 is 0 Å². The van der Waals surface area contributed by atoms with E-state index in [0.29, 0.717) is 17.7 Å². The summed E-state index contributed by atoms with van der Waals surface area (Å²) in [4.78, 5) is 4.45. The van der Waals surface area contributed by atoms with Crippen LogP contribution in [0.4, 0.5) is 0 Å². The number of pyridine rings is 1. The number of hydrogen-bond acceptors (Lipinski definition) is 5. The van der Waals surface area contributed by atoms with Gasteiger partial charge in [0.2, 0.25) is 5.89 Å². The predicted octanol–water partition coefficient (Wildman–Crippen LogP) is 3.52. The number of nitrogens with zero attached hydrogens (tertiary/aromatic N) is 3. The van der Waals surface area contributed by atoms with E-state index in [0.717, 1.165) is 54.6 Å². The van der Waals surface area contributed by atoms with Gasteiger partial charge < -0.3 is 10.2 Å². The Labute approximate surface area is 134 Å². The maximum absolute atomic E-state index is 5.97. The Balaban J connectivity index is 1.63. The quantitative estimate of drug-likeness (QED) is 0.801. The summed E-state index contributed by atoms with van der Waals surface area (Å²) in [5.41, 5.74) is 6.52. The Morgan fingerprint density at radius 2 is 1.87 bits per heavy atom. The molecule has 23 heavy (non-hydrogen) atoms.